The molecule has 0 spiro atoms. The second-order valence-electron chi connectivity index (χ2n) is 6.70. The zero-order chi connectivity index (χ0) is 19.5. The lowest BCUT2D eigenvalue weighted by Gasteiger charge is -2.10. The molecule has 9 heteroatoms. The molecule has 28 heavy (non-hydrogen) atoms. The Bertz CT molecular complexity index is 1020. The number of fused-ring (bicyclic) bond motifs is 1. The predicted molar refractivity (Wildman–Crippen MR) is 107 cm³/mol. The van der Waals surface area contributed by atoms with Gasteiger partial charge in [0.25, 0.3) is 0 Å². The number of thioether (sulfide) groups is 1. The lowest BCUT2D eigenvalue weighted by atomic mass is 10.2. The Labute approximate surface area is 165 Å². The van der Waals surface area contributed by atoms with Gasteiger partial charge in [0.2, 0.25) is 11.8 Å². The average Bonchev–Trinajstić information content (AvgIpc) is 3.45. The summed E-state index contributed by atoms with van der Waals surface area (Å²) in [6.07, 6.45) is 4.10. The van der Waals surface area contributed by atoms with Crippen LogP contribution < -0.4 is 11.1 Å². The number of carbonyl (C=O) groups excluding carboxylic acids is 2. The fourth-order valence-corrected chi connectivity index (χ4v) is 3.78. The van der Waals surface area contributed by atoms with Crippen LogP contribution in [0.5, 0.6) is 0 Å². The van der Waals surface area contributed by atoms with Crippen LogP contribution in [0.25, 0.3) is 10.9 Å². The molecule has 0 bridgehead atoms. The number of aromatic nitrogens is 4. The second kappa shape index (κ2) is 7.97. The standard InChI is InChI=1S/C19H20N6O2S/c20-16(26)8-10-25-18(12-6-7-12)23-24-19(25)28-11-17(27)22-15-5-1-4-14-13(15)3-2-9-21-14/h1-5,9,12H,6-8,10-11H2,(H2,20,26)(H,22,27). The lowest BCUT2D eigenvalue weighted by Crippen LogP contribution is -2.17. The largest absolute Gasteiger partial charge is 0.370 e. The van der Waals surface area contributed by atoms with Gasteiger partial charge in [-0.3, -0.25) is 14.6 Å². The Morgan fingerprint density at radius 3 is 2.86 bits per heavy atom. The van der Waals surface area contributed by atoms with E-state index < -0.39 is 0 Å². The molecule has 4 rings (SSSR count). The van der Waals surface area contributed by atoms with E-state index in [2.05, 4.69) is 20.5 Å². The van der Waals surface area contributed by atoms with Gasteiger partial charge in [0, 0.05) is 30.5 Å². The number of nitrogens with one attached hydrogen (secondary N) is 1. The zero-order valence-corrected chi connectivity index (χ0v) is 16.0. The van der Waals surface area contributed by atoms with E-state index in [0.717, 1.165) is 35.3 Å². The van der Waals surface area contributed by atoms with Gasteiger partial charge in [-0.25, -0.2) is 0 Å². The van der Waals surface area contributed by atoms with Gasteiger partial charge >= 0.3 is 0 Å². The quantitative estimate of drug-likeness (QED) is 0.565. The maximum absolute atomic E-state index is 12.5. The van der Waals surface area contributed by atoms with E-state index in [-0.39, 0.29) is 24.0 Å². The van der Waals surface area contributed by atoms with Gasteiger partial charge in [0.1, 0.15) is 5.82 Å². The Kier molecular flexibility index (Phi) is 5.25. The molecule has 8 nitrogen and oxygen atoms in total. The van der Waals surface area contributed by atoms with Crippen molar-refractivity contribution in [3.05, 3.63) is 42.4 Å². The Morgan fingerprint density at radius 1 is 1.21 bits per heavy atom. The van der Waals surface area contributed by atoms with Gasteiger partial charge in [-0.15, -0.1) is 10.2 Å². The Balaban J connectivity index is 1.44. The summed E-state index contributed by atoms with van der Waals surface area (Å²) in [5.74, 6) is 0.958. The van der Waals surface area contributed by atoms with Crippen molar-refractivity contribution in [3.8, 4) is 0 Å². The van der Waals surface area contributed by atoms with Crippen molar-refractivity contribution in [2.75, 3.05) is 11.1 Å². The number of benzene rings is 1. The van der Waals surface area contributed by atoms with Crippen molar-refractivity contribution in [1.29, 1.82) is 0 Å². The molecule has 3 aromatic rings. The number of hydrogen-bond donors (Lipinski definition) is 2. The number of primary amides is 1. The summed E-state index contributed by atoms with van der Waals surface area (Å²) in [6, 6.07) is 9.38. The minimum atomic E-state index is -0.367. The van der Waals surface area contributed by atoms with Gasteiger partial charge < -0.3 is 15.6 Å². The summed E-state index contributed by atoms with van der Waals surface area (Å²) < 4.78 is 1.92. The minimum Gasteiger partial charge on any atom is -0.370 e. The normalized spacial score (nSPS) is 13.6. The van der Waals surface area contributed by atoms with Crippen LogP contribution >= 0.6 is 11.8 Å². The number of hydrogen-bond acceptors (Lipinski definition) is 6. The molecule has 2 aromatic heterocycles. The van der Waals surface area contributed by atoms with Crippen LogP contribution in [0.3, 0.4) is 0 Å². The topological polar surface area (TPSA) is 116 Å². The summed E-state index contributed by atoms with van der Waals surface area (Å²) in [7, 11) is 0. The number of nitrogens with two attached hydrogens (primary N) is 1. The predicted octanol–water partition coefficient (Wildman–Crippen LogP) is 2.31. The van der Waals surface area contributed by atoms with Crippen molar-refractivity contribution < 1.29 is 9.59 Å². The highest BCUT2D eigenvalue weighted by Gasteiger charge is 2.30. The zero-order valence-electron chi connectivity index (χ0n) is 15.2. The fourth-order valence-electron chi connectivity index (χ4n) is 3.01. The Hall–Kier alpha value is -2.94. The third-order valence-electron chi connectivity index (χ3n) is 4.52. The molecule has 0 saturated heterocycles. The van der Waals surface area contributed by atoms with Crippen molar-refractivity contribution >= 4 is 40.2 Å². The van der Waals surface area contributed by atoms with Crippen molar-refractivity contribution in [1.82, 2.24) is 19.7 Å². The number of nitrogens with zero attached hydrogens (tertiary/aromatic N) is 4. The van der Waals surface area contributed by atoms with Gasteiger partial charge in [-0.05, 0) is 37.1 Å². The number of carbonyl (C=O) groups is 2. The van der Waals surface area contributed by atoms with Gasteiger partial charge in [0.15, 0.2) is 5.16 Å². The lowest BCUT2D eigenvalue weighted by molar-refractivity contribution is -0.118. The molecule has 0 unspecified atom stereocenters. The number of rotatable bonds is 8. The maximum Gasteiger partial charge on any atom is 0.234 e. The molecule has 1 fully saturated rings. The first-order chi connectivity index (χ1) is 13.6. The maximum atomic E-state index is 12.5. The summed E-state index contributed by atoms with van der Waals surface area (Å²) >= 11 is 1.31. The Morgan fingerprint density at radius 2 is 2.07 bits per heavy atom. The van der Waals surface area contributed by atoms with E-state index in [0.29, 0.717) is 17.6 Å². The summed E-state index contributed by atoms with van der Waals surface area (Å²) in [5, 5.41) is 12.9. The number of anilines is 1. The third kappa shape index (κ3) is 4.14. The molecule has 1 aliphatic rings. The molecule has 1 saturated carbocycles. The highest BCUT2D eigenvalue weighted by atomic mass is 32.2. The van der Waals surface area contributed by atoms with E-state index in [1.54, 1.807) is 6.20 Å². The van der Waals surface area contributed by atoms with Crippen LogP contribution in [0.2, 0.25) is 0 Å². The minimum absolute atomic E-state index is 0.140. The van der Waals surface area contributed by atoms with Crippen LogP contribution in [0.4, 0.5) is 5.69 Å². The van der Waals surface area contributed by atoms with E-state index in [1.807, 2.05) is 34.9 Å². The van der Waals surface area contributed by atoms with E-state index in [4.69, 9.17) is 5.73 Å². The van der Waals surface area contributed by atoms with Gasteiger partial charge in [-0.1, -0.05) is 17.8 Å². The smallest absolute Gasteiger partial charge is 0.234 e. The second-order valence-corrected chi connectivity index (χ2v) is 7.64. The molecular formula is C19H20N6O2S. The van der Waals surface area contributed by atoms with E-state index in [1.165, 1.54) is 11.8 Å². The van der Waals surface area contributed by atoms with Crippen LogP contribution in [-0.4, -0.2) is 37.3 Å². The van der Waals surface area contributed by atoms with Crippen molar-refractivity contribution in [2.24, 2.45) is 5.73 Å². The molecule has 1 aliphatic carbocycles. The summed E-state index contributed by atoms with van der Waals surface area (Å²) in [4.78, 5) is 27.9. The van der Waals surface area contributed by atoms with Gasteiger partial charge in [-0.2, -0.15) is 0 Å². The highest BCUT2D eigenvalue weighted by Crippen LogP contribution is 2.40. The van der Waals surface area contributed by atoms with Crippen molar-refractivity contribution in [3.63, 3.8) is 0 Å². The van der Waals surface area contributed by atoms with E-state index in [9.17, 15) is 9.59 Å². The van der Waals surface area contributed by atoms with Crippen LogP contribution in [0, 0.1) is 0 Å². The van der Waals surface area contributed by atoms with Crippen LogP contribution in [0.1, 0.15) is 31.0 Å². The third-order valence-corrected chi connectivity index (χ3v) is 5.49. The first kappa shape index (κ1) is 18.4. The molecule has 1 aromatic carbocycles. The molecular weight excluding hydrogens is 376 g/mol. The molecule has 0 radical (unpaired) electrons. The molecule has 144 valence electrons. The highest BCUT2D eigenvalue weighted by molar-refractivity contribution is 7.99. The molecule has 0 atom stereocenters. The molecule has 2 heterocycles. The first-order valence-corrected chi connectivity index (χ1v) is 10.1. The molecule has 2 amide bonds. The average molecular weight is 396 g/mol. The van der Waals surface area contributed by atoms with Crippen LogP contribution in [-0.2, 0) is 16.1 Å². The number of amides is 2. The first-order valence-electron chi connectivity index (χ1n) is 9.09. The number of pyridine rings is 1. The van der Waals surface area contributed by atoms with Gasteiger partial charge in [0.05, 0.1) is 17.0 Å². The SMILES string of the molecule is NC(=O)CCn1c(SCC(=O)Nc2cccc3ncccc23)nnc1C1CC1. The summed E-state index contributed by atoms with van der Waals surface area (Å²) in [6.45, 7) is 0.438. The molecule has 0 aliphatic heterocycles. The summed E-state index contributed by atoms with van der Waals surface area (Å²) in [5.41, 5.74) is 6.84. The van der Waals surface area contributed by atoms with E-state index >= 15 is 0 Å². The fraction of sp³-hybridized carbons (Fsp3) is 0.316. The van der Waals surface area contributed by atoms with Crippen molar-refractivity contribution in [2.45, 2.75) is 36.9 Å². The van der Waals surface area contributed by atoms with Crippen LogP contribution in [0.15, 0.2) is 41.7 Å². The molecule has 3 N–H and O–H groups in total. The monoisotopic (exact) mass is 396 g/mol.